The molecule has 3 atom stereocenters. The van der Waals surface area contributed by atoms with Gasteiger partial charge in [-0.15, -0.1) is 11.6 Å². The fraction of sp³-hybridized carbons (Fsp3) is 0.163. The molecule has 11 heteroatoms. The Hall–Kier alpha value is -4.73. The molecule has 6 aromatic carbocycles. The van der Waals surface area contributed by atoms with E-state index in [9.17, 15) is 4.79 Å². The number of aliphatic carboxylic acids is 1. The molecule has 0 amide bonds. The number of rotatable bonds is 5. The van der Waals surface area contributed by atoms with Crippen LogP contribution in [-0.4, -0.2) is 36.9 Å². The van der Waals surface area contributed by atoms with Crippen LogP contribution in [0.15, 0.2) is 138 Å². The van der Waals surface area contributed by atoms with Gasteiger partial charge in [0.1, 0.15) is 0 Å². The zero-order chi connectivity index (χ0) is 42.4. The second kappa shape index (κ2) is 20.7. The quantitative estimate of drug-likeness (QED) is 0.102. The minimum atomic E-state index is -0.821. The van der Waals surface area contributed by atoms with E-state index in [-0.39, 0.29) is 10.9 Å². The first-order valence-corrected chi connectivity index (χ1v) is 21.5. The summed E-state index contributed by atoms with van der Waals surface area (Å²) in [6.45, 7) is 9.84. The number of H-pyrrole nitrogens is 3. The minimum Gasteiger partial charge on any atom is -0.481 e. The van der Waals surface area contributed by atoms with Crippen molar-refractivity contribution in [1.82, 2.24) is 15.0 Å². The fourth-order valence-corrected chi connectivity index (χ4v) is 8.02. The van der Waals surface area contributed by atoms with Gasteiger partial charge in [-0.1, -0.05) is 112 Å². The smallest absolute Gasteiger partial charge is 0.310 e. The molecule has 9 rings (SSSR count). The van der Waals surface area contributed by atoms with Crippen LogP contribution < -0.4 is 0 Å². The third-order valence-corrected chi connectivity index (χ3v) is 11.4. The summed E-state index contributed by atoms with van der Waals surface area (Å²) in [5.74, 6) is -0.901. The standard InChI is InChI=1S/C17H16ClN.C15H12ClNO2.C12H7BrClN.C5H9Cl.H2O/c1-3-4-11(2)12-5-7-14-15-10-13(18)6-8-16(15)19-17(14)9-12;1-8(15(18)19)9-2-4-11-12-7-10(16)3-5-13(12)17-14(11)6-9;13-7-1-3-9-10-6-8(14)2-4-11(10)15-12(9)5-7;1-3-4-5(2)6;/h3-11,19H,1-2H3;2-8,17H,1H3,(H,18,19);1-6,15H;3-5H,1-2H3;1H2/b4-3+;;;4-3+;. The first kappa shape index (κ1) is 46.3. The van der Waals surface area contributed by atoms with Crippen molar-refractivity contribution in [2.45, 2.75) is 51.8 Å². The largest absolute Gasteiger partial charge is 0.481 e. The van der Waals surface area contributed by atoms with E-state index in [1.165, 1.54) is 32.6 Å². The Kier molecular flexibility index (Phi) is 16.0. The lowest BCUT2D eigenvalue weighted by atomic mass is 9.99. The molecule has 60 heavy (non-hydrogen) atoms. The molecule has 0 bridgehead atoms. The molecular weight excluding hydrogens is 900 g/mol. The second-order valence-electron chi connectivity index (χ2n) is 14.3. The van der Waals surface area contributed by atoms with E-state index < -0.39 is 11.9 Å². The predicted octanol–water partition coefficient (Wildman–Crippen LogP) is 15.9. The Bertz CT molecular complexity index is 2980. The average molecular weight is 947 g/mol. The van der Waals surface area contributed by atoms with E-state index in [0.29, 0.717) is 10.9 Å². The van der Waals surface area contributed by atoms with Crippen molar-refractivity contribution in [3.05, 3.63) is 164 Å². The zero-order valence-corrected chi connectivity index (χ0v) is 38.3. The molecule has 0 fully saturated rings. The molecule has 0 saturated carbocycles. The van der Waals surface area contributed by atoms with E-state index in [1.807, 2.05) is 105 Å². The lowest BCUT2D eigenvalue weighted by Gasteiger charge is -2.06. The Morgan fingerprint density at radius 3 is 1.35 bits per heavy atom. The van der Waals surface area contributed by atoms with Crippen molar-refractivity contribution in [3.63, 3.8) is 0 Å². The van der Waals surface area contributed by atoms with Crippen LogP contribution in [0.3, 0.4) is 0 Å². The SMILES string of the molecule is C/C=C/C(C)Cl.C/C=C/C(C)c1ccc2c(c1)[nH]c1ccc(Cl)cc12.CC(C(=O)O)c1ccc2c(c1)[nH]c1ccc(Cl)cc12.Clc1ccc2[nH]c3cc(Br)ccc3c2c1.O. The van der Waals surface area contributed by atoms with Crippen LogP contribution >= 0.6 is 62.3 Å². The summed E-state index contributed by atoms with van der Waals surface area (Å²) in [5, 5.41) is 18.4. The molecule has 0 spiro atoms. The lowest BCUT2D eigenvalue weighted by Crippen LogP contribution is -2.06. The molecule has 0 aliphatic heterocycles. The van der Waals surface area contributed by atoms with Gasteiger partial charge in [-0.25, -0.2) is 0 Å². The van der Waals surface area contributed by atoms with Crippen molar-refractivity contribution >= 4 is 134 Å². The maximum absolute atomic E-state index is 11.0. The topological polar surface area (TPSA) is 116 Å². The van der Waals surface area contributed by atoms with Crippen molar-refractivity contribution in [1.29, 1.82) is 0 Å². The molecule has 310 valence electrons. The van der Waals surface area contributed by atoms with Gasteiger partial charge in [-0.05, 0) is 124 Å². The maximum atomic E-state index is 11.0. The van der Waals surface area contributed by atoms with Gasteiger partial charge in [0.2, 0.25) is 0 Å². The summed E-state index contributed by atoms with van der Waals surface area (Å²) in [7, 11) is 0. The summed E-state index contributed by atoms with van der Waals surface area (Å²) in [6.07, 6.45) is 8.18. The highest BCUT2D eigenvalue weighted by molar-refractivity contribution is 9.10. The first-order chi connectivity index (χ1) is 28.3. The van der Waals surface area contributed by atoms with Gasteiger partial charge in [0.25, 0.3) is 0 Å². The van der Waals surface area contributed by atoms with Gasteiger partial charge in [-0.3, -0.25) is 4.79 Å². The number of carboxylic acid groups (broad SMARTS) is 1. The molecule has 9 aromatic rings. The summed E-state index contributed by atoms with van der Waals surface area (Å²) < 4.78 is 1.08. The van der Waals surface area contributed by atoms with E-state index in [2.05, 4.69) is 87.2 Å². The molecule has 6 nitrogen and oxygen atoms in total. The van der Waals surface area contributed by atoms with Gasteiger partial charge in [0, 0.05) is 90.3 Å². The first-order valence-electron chi connectivity index (χ1n) is 19.2. The van der Waals surface area contributed by atoms with Crippen LogP contribution in [0.2, 0.25) is 15.1 Å². The molecule has 0 saturated heterocycles. The molecule has 3 aromatic heterocycles. The van der Waals surface area contributed by atoms with Crippen LogP contribution in [0.25, 0.3) is 65.4 Å². The van der Waals surface area contributed by atoms with E-state index >= 15 is 0 Å². The van der Waals surface area contributed by atoms with Crippen molar-refractivity contribution < 1.29 is 15.4 Å². The highest BCUT2D eigenvalue weighted by Gasteiger charge is 2.15. The van der Waals surface area contributed by atoms with E-state index in [0.717, 1.165) is 58.4 Å². The fourth-order valence-electron chi connectivity index (χ4n) is 7.00. The average Bonchev–Trinajstić information content (AvgIpc) is 3.87. The van der Waals surface area contributed by atoms with Gasteiger partial charge in [-0.2, -0.15) is 0 Å². The summed E-state index contributed by atoms with van der Waals surface area (Å²) in [4.78, 5) is 21.1. The number of aromatic nitrogens is 3. The third-order valence-electron chi connectivity index (χ3n) is 10.0. The van der Waals surface area contributed by atoms with Crippen molar-refractivity contribution in [3.8, 4) is 0 Å². The number of allylic oxidation sites excluding steroid dienone is 4. The number of hydrogen-bond acceptors (Lipinski definition) is 1. The van der Waals surface area contributed by atoms with Crippen LogP contribution in [0.4, 0.5) is 0 Å². The van der Waals surface area contributed by atoms with E-state index in [1.54, 1.807) is 6.92 Å². The number of nitrogens with one attached hydrogen (secondary N) is 3. The van der Waals surface area contributed by atoms with Gasteiger partial charge >= 0.3 is 5.97 Å². The predicted molar refractivity (Wildman–Crippen MR) is 263 cm³/mol. The number of carboxylic acids is 1. The molecule has 0 aliphatic rings. The summed E-state index contributed by atoms with van der Waals surface area (Å²) >= 11 is 27.0. The number of carbonyl (C=O) groups is 1. The number of alkyl halides is 1. The molecular formula is C49H46BrCl4N3O3. The van der Waals surface area contributed by atoms with E-state index in [4.69, 9.17) is 51.5 Å². The minimum absolute atomic E-state index is 0. The van der Waals surface area contributed by atoms with Crippen LogP contribution in [0.5, 0.6) is 0 Å². The number of halogens is 5. The van der Waals surface area contributed by atoms with Gasteiger partial charge in [0.15, 0.2) is 0 Å². The number of aromatic amines is 3. The third kappa shape index (κ3) is 11.0. The summed E-state index contributed by atoms with van der Waals surface area (Å²) in [6, 6.07) is 36.0. The van der Waals surface area contributed by atoms with Crippen LogP contribution in [0, 0.1) is 0 Å². The van der Waals surface area contributed by atoms with Crippen molar-refractivity contribution in [2.75, 3.05) is 0 Å². The van der Waals surface area contributed by atoms with Gasteiger partial charge < -0.3 is 25.5 Å². The number of benzene rings is 6. The Morgan fingerprint density at radius 1 is 0.550 bits per heavy atom. The molecule has 6 N–H and O–H groups in total. The maximum Gasteiger partial charge on any atom is 0.310 e. The van der Waals surface area contributed by atoms with Crippen LogP contribution in [-0.2, 0) is 4.79 Å². The summed E-state index contributed by atoms with van der Waals surface area (Å²) in [5.41, 5.74) is 8.60. The number of fused-ring (bicyclic) bond motifs is 9. The molecule has 3 unspecified atom stereocenters. The zero-order valence-electron chi connectivity index (χ0n) is 33.7. The monoisotopic (exact) mass is 943 g/mol. The number of hydrogen-bond donors (Lipinski definition) is 4. The molecule has 0 aliphatic carbocycles. The normalized spacial score (nSPS) is 12.8. The Balaban J connectivity index is 0.000000159. The molecule has 3 heterocycles. The Morgan fingerprint density at radius 2 is 0.950 bits per heavy atom. The lowest BCUT2D eigenvalue weighted by molar-refractivity contribution is -0.138. The Labute approximate surface area is 377 Å². The van der Waals surface area contributed by atoms with Crippen LogP contribution in [0.1, 0.15) is 57.6 Å². The second-order valence-corrected chi connectivity index (χ2v) is 17.2. The van der Waals surface area contributed by atoms with Crippen molar-refractivity contribution in [2.24, 2.45) is 0 Å². The van der Waals surface area contributed by atoms with Gasteiger partial charge in [0.05, 0.1) is 5.92 Å². The molecule has 0 radical (unpaired) electrons. The highest BCUT2D eigenvalue weighted by Crippen LogP contribution is 2.33. The highest BCUT2D eigenvalue weighted by atomic mass is 79.9.